The van der Waals surface area contributed by atoms with Crippen molar-refractivity contribution in [1.29, 1.82) is 0 Å². The molecule has 1 unspecified atom stereocenters. The number of benzene rings is 1. The minimum absolute atomic E-state index is 0.243. The quantitative estimate of drug-likeness (QED) is 0.552. The molecule has 2 N–H and O–H groups in total. The van der Waals surface area contributed by atoms with Crippen LogP contribution in [0.5, 0.6) is 0 Å². The van der Waals surface area contributed by atoms with Crippen LogP contribution in [-0.4, -0.2) is 61.9 Å². The van der Waals surface area contributed by atoms with Gasteiger partial charge in [0, 0.05) is 31.1 Å². The average Bonchev–Trinajstić information content (AvgIpc) is 2.54. The number of aliphatic hydroxyl groups excluding tert-OH is 1. The van der Waals surface area contributed by atoms with Crippen LogP contribution in [0.1, 0.15) is 19.8 Å². The molecule has 0 aromatic heterocycles. The predicted octanol–water partition coefficient (Wildman–Crippen LogP) is 1.50. The number of likely N-dealkylation sites (tertiary alicyclic amines) is 1. The number of nitro benzene ring substituents is 1. The second-order valence-electron chi connectivity index (χ2n) is 6.73. The number of nitrogens with zero attached hydrogens (tertiary/aromatic N) is 2. The van der Waals surface area contributed by atoms with E-state index in [-0.39, 0.29) is 11.4 Å². The largest absolute Gasteiger partial charge is 0.390 e. The summed E-state index contributed by atoms with van der Waals surface area (Å²) < 4.78 is 23.5. The predicted molar refractivity (Wildman–Crippen MR) is 95.5 cm³/mol. The molecular weight excluding hydrogens is 346 g/mol. The van der Waals surface area contributed by atoms with E-state index in [4.69, 9.17) is 0 Å². The Kier molecular flexibility index (Phi) is 6.36. The van der Waals surface area contributed by atoms with Crippen LogP contribution in [0.25, 0.3) is 0 Å². The number of nitrogens with one attached hydrogen (secondary N) is 1. The lowest BCUT2D eigenvalue weighted by Crippen LogP contribution is -2.40. The Balaban J connectivity index is 1.97. The van der Waals surface area contributed by atoms with Crippen LogP contribution in [0.2, 0.25) is 0 Å². The van der Waals surface area contributed by atoms with Crippen molar-refractivity contribution < 1.29 is 18.4 Å². The fourth-order valence-electron chi connectivity index (χ4n) is 2.91. The number of hydrogen-bond donors (Lipinski definition) is 2. The lowest BCUT2D eigenvalue weighted by Gasteiger charge is -2.31. The Hall–Kier alpha value is -1.71. The molecule has 9 heteroatoms. The van der Waals surface area contributed by atoms with Crippen molar-refractivity contribution in [2.75, 3.05) is 37.8 Å². The monoisotopic (exact) mass is 371 g/mol. The van der Waals surface area contributed by atoms with E-state index in [1.54, 1.807) is 0 Å². The van der Waals surface area contributed by atoms with Gasteiger partial charge in [-0.25, -0.2) is 8.42 Å². The molecule has 2 rings (SSSR count). The summed E-state index contributed by atoms with van der Waals surface area (Å²) in [7, 11) is -3.72. The first-order valence-corrected chi connectivity index (χ1v) is 10.2. The van der Waals surface area contributed by atoms with Gasteiger partial charge in [0.2, 0.25) is 0 Å². The van der Waals surface area contributed by atoms with E-state index in [2.05, 4.69) is 17.1 Å². The SMILES string of the molecule is CC1CCN(CC(O)CNc2ccc([N+](=O)[O-])c(S(C)(=O)=O)c2)CC1. The molecule has 1 saturated heterocycles. The Morgan fingerprint density at radius 3 is 2.60 bits per heavy atom. The number of anilines is 1. The Morgan fingerprint density at radius 2 is 2.04 bits per heavy atom. The van der Waals surface area contributed by atoms with Gasteiger partial charge >= 0.3 is 0 Å². The van der Waals surface area contributed by atoms with Crippen molar-refractivity contribution in [2.24, 2.45) is 5.92 Å². The highest BCUT2D eigenvalue weighted by atomic mass is 32.2. The molecule has 0 amide bonds. The second kappa shape index (κ2) is 8.11. The highest BCUT2D eigenvalue weighted by Gasteiger charge is 2.23. The normalized spacial score (nSPS) is 18.0. The highest BCUT2D eigenvalue weighted by molar-refractivity contribution is 7.90. The molecule has 140 valence electrons. The van der Waals surface area contributed by atoms with Crippen molar-refractivity contribution in [3.05, 3.63) is 28.3 Å². The summed E-state index contributed by atoms with van der Waals surface area (Å²) in [5, 5.41) is 24.1. The zero-order valence-electron chi connectivity index (χ0n) is 14.5. The molecular formula is C16H25N3O5S. The zero-order valence-corrected chi connectivity index (χ0v) is 15.3. The minimum atomic E-state index is -3.72. The number of rotatable bonds is 7. The minimum Gasteiger partial charge on any atom is -0.390 e. The third-order valence-electron chi connectivity index (χ3n) is 4.44. The number of nitro groups is 1. The summed E-state index contributed by atoms with van der Waals surface area (Å²) in [5.41, 5.74) is -0.0200. The van der Waals surface area contributed by atoms with Gasteiger partial charge in [0.1, 0.15) is 4.90 Å². The van der Waals surface area contributed by atoms with Gasteiger partial charge in [-0.15, -0.1) is 0 Å². The van der Waals surface area contributed by atoms with Crippen molar-refractivity contribution in [2.45, 2.75) is 30.8 Å². The van der Waals surface area contributed by atoms with Crippen molar-refractivity contribution in [3.8, 4) is 0 Å². The maximum absolute atomic E-state index is 11.7. The van der Waals surface area contributed by atoms with E-state index < -0.39 is 26.6 Å². The molecule has 0 radical (unpaired) electrons. The summed E-state index contributed by atoms with van der Waals surface area (Å²) in [6, 6.07) is 3.85. The Labute approximate surface area is 147 Å². The molecule has 1 aromatic rings. The van der Waals surface area contributed by atoms with Gasteiger partial charge in [-0.1, -0.05) is 6.92 Å². The summed E-state index contributed by atoms with van der Waals surface area (Å²) in [5.74, 6) is 0.723. The first kappa shape index (κ1) is 19.6. The lowest BCUT2D eigenvalue weighted by molar-refractivity contribution is -0.387. The van der Waals surface area contributed by atoms with Gasteiger partial charge in [-0.2, -0.15) is 0 Å². The van der Waals surface area contributed by atoms with Gasteiger partial charge in [-0.3, -0.25) is 10.1 Å². The van der Waals surface area contributed by atoms with Crippen LogP contribution in [-0.2, 0) is 9.84 Å². The third-order valence-corrected chi connectivity index (χ3v) is 5.57. The highest BCUT2D eigenvalue weighted by Crippen LogP contribution is 2.27. The zero-order chi connectivity index (χ0) is 18.6. The average molecular weight is 371 g/mol. The van der Waals surface area contributed by atoms with E-state index in [9.17, 15) is 23.6 Å². The van der Waals surface area contributed by atoms with E-state index in [1.165, 1.54) is 12.1 Å². The molecule has 0 aliphatic carbocycles. The molecule has 25 heavy (non-hydrogen) atoms. The lowest BCUT2D eigenvalue weighted by atomic mass is 9.99. The maximum Gasteiger partial charge on any atom is 0.288 e. The molecule has 1 atom stereocenters. The van der Waals surface area contributed by atoms with Gasteiger partial charge in [0.15, 0.2) is 9.84 Å². The second-order valence-corrected chi connectivity index (χ2v) is 8.71. The molecule has 1 aromatic carbocycles. The van der Waals surface area contributed by atoms with Crippen LogP contribution in [0.3, 0.4) is 0 Å². The van der Waals surface area contributed by atoms with E-state index in [0.29, 0.717) is 12.2 Å². The smallest absolute Gasteiger partial charge is 0.288 e. The summed E-state index contributed by atoms with van der Waals surface area (Å²) in [6.07, 6.45) is 2.58. The molecule has 1 aliphatic rings. The van der Waals surface area contributed by atoms with Gasteiger partial charge in [0.25, 0.3) is 5.69 Å². The molecule has 1 aliphatic heterocycles. The topological polar surface area (TPSA) is 113 Å². The van der Waals surface area contributed by atoms with Gasteiger partial charge in [0.05, 0.1) is 11.0 Å². The molecule has 1 fully saturated rings. The maximum atomic E-state index is 11.7. The first-order valence-electron chi connectivity index (χ1n) is 8.29. The van der Waals surface area contributed by atoms with Crippen LogP contribution in [0.15, 0.2) is 23.1 Å². The van der Waals surface area contributed by atoms with Crippen LogP contribution < -0.4 is 5.32 Å². The van der Waals surface area contributed by atoms with Crippen molar-refractivity contribution in [1.82, 2.24) is 4.90 Å². The number of hydrogen-bond acceptors (Lipinski definition) is 7. The van der Waals surface area contributed by atoms with E-state index in [0.717, 1.165) is 44.2 Å². The molecule has 0 spiro atoms. The third kappa shape index (κ3) is 5.65. The Bertz CT molecular complexity index is 714. The summed E-state index contributed by atoms with van der Waals surface area (Å²) in [4.78, 5) is 12.1. The summed E-state index contributed by atoms with van der Waals surface area (Å²) >= 11 is 0. The number of sulfone groups is 1. The van der Waals surface area contributed by atoms with Crippen molar-refractivity contribution >= 4 is 21.2 Å². The van der Waals surface area contributed by atoms with Crippen LogP contribution in [0.4, 0.5) is 11.4 Å². The molecule has 1 heterocycles. The van der Waals surface area contributed by atoms with E-state index in [1.807, 2.05) is 0 Å². The number of β-amino-alcohol motifs (C(OH)–C–C–N with tert-alkyl or cyclic N) is 1. The van der Waals surface area contributed by atoms with Crippen LogP contribution in [0, 0.1) is 16.0 Å². The molecule has 0 saturated carbocycles. The number of aliphatic hydroxyl groups is 1. The molecule has 0 bridgehead atoms. The first-order chi connectivity index (χ1) is 11.7. The van der Waals surface area contributed by atoms with Crippen LogP contribution >= 0.6 is 0 Å². The molecule has 8 nitrogen and oxygen atoms in total. The standard InChI is InChI=1S/C16H25N3O5S/c1-12-5-7-18(8-6-12)11-14(20)10-17-13-3-4-15(19(21)22)16(9-13)25(2,23)24/h3-4,9,12,14,17,20H,5-8,10-11H2,1-2H3. The van der Waals surface area contributed by atoms with Gasteiger partial charge in [-0.05, 0) is 44.0 Å². The Morgan fingerprint density at radius 1 is 1.40 bits per heavy atom. The fraction of sp³-hybridized carbons (Fsp3) is 0.625. The van der Waals surface area contributed by atoms with Crippen molar-refractivity contribution in [3.63, 3.8) is 0 Å². The van der Waals surface area contributed by atoms with E-state index >= 15 is 0 Å². The fourth-order valence-corrected chi connectivity index (χ4v) is 3.78. The van der Waals surface area contributed by atoms with Gasteiger partial charge < -0.3 is 15.3 Å². The summed E-state index contributed by atoms with van der Waals surface area (Å²) in [6.45, 7) is 4.95. The number of piperidine rings is 1.